The molecule has 3 aromatic heterocycles. The molecule has 0 bridgehead atoms. The van der Waals surface area contributed by atoms with Crippen molar-refractivity contribution in [2.75, 3.05) is 0 Å². The van der Waals surface area contributed by atoms with Gasteiger partial charge in [-0.15, -0.1) is 0 Å². The molecule has 3 heterocycles. The quantitative estimate of drug-likeness (QED) is 0.153. The van der Waals surface area contributed by atoms with E-state index in [2.05, 4.69) is 240 Å². The first-order chi connectivity index (χ1) is 33.7. The average molecular weight is 868 g/mol. The Morgan fingerprint density at radius 2 is 0.647 bits per heavy atom. The minimum atomic E-state index is 0.551. The fourth-order valence-corrected chi connectivity index (χ4v) is 10.0. The molecule has 0 unspecified atom stereocenters. The molecule has 13 rings (SSSR count). The normalized spacial score (nSPS) is 11.5. The number of para-hydroxylation sites is 2. The van der Waals surface area contributed by atoms with Crippen molar-refractivity contribution in [1.29, 1.82) is 0 Å². The van der Waals surface area contributed by atoms with E-state index in [1.165, 1.54) is 33.2 Å². The average Bonchev–Trinajstić information content (AvgIpc) is 3.95. The van der Waals surface area contributed by atoms with Crippen molar-refractivity contribution >= 4 is 43.6 Å². The molecule has 10 aromatic carbocycles. The summed E-state index contributed by atoms with van der Waals surface area (Å²) in [4.78, 5) is 16.0. The molecule has 0 aliphatic heterocycles. The standard InChI is InChI=1S/C63H41N5/c1-4-17-42(18-5-1)43-31-33-44(34-32-43)49-23-16-24-50(41-49)67-57-29-14-12-27-53(57)55-39-40-56-54-28-13-15-30-58(54)68(60(56)59(55)67)63-65-61(47-21-8-3-9-22-47)64-62(66-63)48-37-35-46(36-38-48)52-26-11-10-25-51(52)45-19-6-2-7-20-45/h1-41H. The molecule has 0 saturated heterocycles. The molecule has 0 aliphatic carbocycles. The number of benzene rings is 10. The van der Waals surface area contributed by atoms with Crippen molar-refractivity contribution in [1.82, 2.24) is 24.1 Å². The van der Waals surface area contributed by atoms with Crippen LogP contribution in [0.15, 0.2) is 249 Å². The topological polar surface area (TPSA) is 48.5 Å². The highest BCUT2D eigenvalue weighted by Gasteiger charge is 2.24. The van der Waals surface area contributed by atoms with Gasteiger partial charge in [-0.05, 0) is 68.8 Å². The van der Waals surface area contributed by atoms with Crippen LogP contribution in [0.5, 0.6) is 0 Å². The van der Waals surface area contributed by atoms with Crippen LogP contribution in [-0.4, -0.2) is 24.1 Å². The van der Waals surface area contributed by atoms with E-state index in [-0.39, 0.29) is 0 Å². The third-order valence-corrected chi connectivity index (χ3v) is 13.2. The SMILES string of the molecule is c1ccc(-c2ccc(-c3cccc(-n4c5ccccc5c5ccc6c7ccccc7n(-c7nc(-c8ccccc8)nc(-c8ccc(-c9ccccc9-c9ccccc9)cc8)n7)c6c54)c3)cc2)cc1. The molecule has 0 N–H and O–H groups in total. The summed E-state index contributed by atoms with van der Waals surface area (Å²) in [6.45, 7) is 0. The van der Waals surface area contributed by atoms with Gasteiger partial charge in [-0.3, -0.25) is 4.57 Å². The highest BCUT2D eigenvalue weighted by molar-refractivity contribution is 6.23. The van der Waals surface area contributed by atoms with Gasteiger partial charge in [0.1, 0.15) is 0 Å². The van der Waals surface area contributed by atoms with Gasteiger partial charge in [-0.25, -0.2) is 4.98 Å². The Morgan fingerprint density at radius 1 is 0.250 bits per heavy atom. The van der Waals surface area contributed by atoms with Gasteiger partial charge in [0.05, 0.1) is 22.1 Å². The van der Waals surface area contributed by atoms with Gasteiger partial charge in [-0.1, -0.05) is 224 Å². The van der Waals surface area contributed by atoms with Gasteiger partial charge < -0.3 is 4.57 Å². The van der Waals surface area contributed by atoms with Gasteiger partial charge >= 0.3 is 0 Å². The Balaban J connectivity index is 1.02. The van der Waals surface area contributed by atoms with Crippen molar-refractivity contribution in [2.45, 2.75) is 0 Å². The van der Waals surface area contributed by atoms with Crippen LogP contribution in [0, 0.1) is 0 Å². The van der Waals surface area contributed by atoms with E-state index in [4.69, 9.17) is 15.0 Å². The largest absolute Gasteiger partial charge is 0.307 e. The van der Waals surface area contributed by atoms with E-state index in [1.807, 2.05) is 18.2 Å². The fraction of sp³-hybridized carbons (Fsp3) is 0. The monoisotopic (exact) mass is 867 g/mol. The van der Waals surface area contributed by atoms with E-state index >= 15 is 0 Å². The van der Waals surface area contributed by atoms with E-state index in [0.29, 0.717) is 17.6 Å². The van der Waals surface area contributed by atoms with Crippen molar-refractivity contribution in [3.8, 4) is 78.9 Å². The van der Waals surface area contributed by atoms with Crippen LogP contribution < -0.4 is 0 Å². The van der Waals surface area contributed by atoms with Crippen molar-refractivity contribution in [2.24, 2.45) is 0 Å². The van der Waals surface area contributed by atoms with Gasteiger partial charge in [0, 0.05) is 38.4 Å². The lowest BCUT2D eigenvalue weighted by Crippen LogP contribution is -2.07. The molecule has 5 nitrogen and oxygen atoms in total. The molecule has 0 fully saturated rings. The Bertz CT molecular complexity index is 3980. The zero-order valence-corrected chi connectivity index (χ0v) is 36.9. The van der Waals surface area contributed by atoms with E-state index < -0.39 is 0 Å². The number of aromatic nitrogens is 5. The maximum Gasteiger partial charge on any atom is 0.238 e. The maximum atomic E-state index is 5.42. The summed E-state index contributed by atoms with van der Waals surface area (Å²) in [5, 5.41) is 4.57. The number of hydrogen-bond acceptors (Lipinski definition) is 3. The molecule has 0 aliphatic rings. The maximum absolute atomic E-state index is 5.42. The second-order valence-electron chi connectivity index (χ2n) is 17.2. The molecule has 0 amide bonds. The first-order valence-corrected chi connectivity index (χ1v) is 23.0. The third kappa shape index (κ3) is 6.68. The fourth-order valence-electron chi connectivity index (χ4n) is 10.0. The zero-order valence-electron chi connectivity index (χ0n) is 36.9. The summed E-state index contributed by atoms with van der Waals surface area (Å²) < 4.78 is 4.69. The first-order valence-electron chi connectivity index (χ1n) is 23.0. The molecule has 0 radical (unpaired) electrons. The second kappa shape index (κ2) is 16.4. The van der Waals surface area contributed by atoms with Crippen molar-refractivity contribution in [3.63, 3.8) is 0 Å². The van der Waals surface area contributed by atoms with E-state index in [1.54, 1.807) is 0 Å². The summed E-state index contributed by atoms with van der Waals surface area (Å²) >= 11 is 0. The van der Waals surface area contributed by atoms with Gasteiger partial charge in [0.25, 0.3) is 0 Å². The molecule has 68 heavy (non-hydrogen) atoms. The zero-order chi connectivity index (χ0) is 45.0. The molecular weight excluding hydrogens is 827 g/mol. The van der Waals surface area contributed by atoms with Crippen LogP contribution in [0.4, 0.5) is 0 Å². The predicted molar refractivity (Wildman–Crippen MR) is 281 cm³/mol. The highest BCUT2D eigenvalue weighted by atomic mass is 15.2. The number of fused-ring (bicyclic) bond motifs is 7. The second-order valence-corrected chi connectivity index (χ2v) is 17.2. The summed E-state index contributed by atoms with van der Waals surface area (Å²) in [6, 6.07) is 88.2. The van der Waals surface area contributed by atoms with Crippen molar-refractivity contribution < 1.29 is 0 Å². The number of hydrogen-bond donors (Lipinski definition) is 0. The minimum absolute atomic E-state index is 0.551. The molecule has 13 aromatic rings. The lowest BCUT2D eigenvalue weighted by atomic mass is 9.94. The Kier molecular flexibility index (Phi) is 9.43. The summed E-state index contributed by atoms with van der Waals surface area (Å²) in [5.41, 5.74) is 16.5. The lowest BCUT2D eigenvalue weighted by Gasteiger charge is -2.14. The molecule has 0 spiro atoms. The first kappa shape index (κ1) is 39.2. The highest BCUT2D eigenvalue weighted by Crippen LogP contribution is 2.42. The Labute approximate surface area is 393 Å². The molecule has 318 valence electrons. The summed E-state index contributed by atoms with van der Waals surface area (Å²) in [6.07, 6.45) is 0. The molecular formula is C63H41N5. The van der Waals surface area contributed by atoms with Crippen LogP contribution in [0.25, 0.3) is 123 Å². The molecule has 0 saturated carbocycles. The molecule has 0 atom stereocenters. The van der Waals surface area contributed by atoms with Crippen LogP contribution in [0.1, 0.15) is 0 Å². The van der Waals surface area contributed by atoms with Crippen LogP contribution in [-0.2, 0) is 0 Å². The number of rotatable bonds is 8. The van der Waals surface area contributed by atoms with E-state index in [9.17, 15) is 0 Å². The smallest absolute Gasteiger partial charge is 0.238 e. The van der Waals surface area contributed by atoms with Gasteiger partial charge in [-0.2, -0.15) is 9.97 Å². The predicted octanol–water partition coefficient (Wildman–Crippen LogP) is 16.1. The number of nitrogens with zero attached hydrogens (tertiary/aromatic N) is 5. The van der Waals surface area contributed by atoms with Gasteiger partial charge in [0.2, 0.25) is 5.95 Å². The van der Waals surface area contributed by atoms with Crippen molar-refractivity contribution in [3.05, 3.63) is 249 Å². The van der Waals surface area contributed by atoms with Gasteiger partial charge in [0.15, 0.2) is 11.6 Å². The Hall–Kier alpha value is -9.19. The minimum Gasteiger partial charge on any atom is -0.307 e. The summed E-state index contributed by atoms with van der Waals surface area (Å²) in [5.74, 6) is 1.75. The van der Waals surface area contributed by atoms with Crippen LogP contribution in [0.2, 0.25) is 0 Å². The Morgan fingerprint density at radius 3 is 1.25 bits per heavy atom. The lowest BCUT2D eigenvalue weighted by molar-refractivity contribution is 0.953. The molecule has 5 heteroatoms. The summed E-state index contributed by atoms with van der Waals surface area (Å²) in [7, 11) is 0. The van der Waals surface area contributed by atoms with E-state index in [0.717, 1.165) is 71.7 Å². The third-order valence-electron chi connectivity index (χ3n) is 13.2. The van der Waals surface area contributed by atoms with Crippen LogP contribution >= 0.6 is 0 Å². The van der Waals surface area contributed by atoms with Crippen LogP contribution in [0.3, 0.4) is 0 Å².